The monoisotopic (exact) mass is 292 g/mol. The molecule has 116 valence electrons. The molecular weight excluding hydrogens is 268 g/mol. The predicted molar refractivity (Wildman–Crippen MR) is 81.2 cm³/mol. The Labute approximate surface area is 125 Å². The highest BCUT2D eigenvalue weighted by Gasteiger charge is 2.22. The molecule has 1 aliphatic heterocycles. The normalized spacial score (nSPS) is 15.7. The molecule has 0 radical (unpaired) electrons. The molecule has 0 bridgehead atoms. The second kappa shape index (κ2) is 7.26. The van der Waals surface area contributed by atoms with Crippen molar-refractivity contribution in [2.75, 3.05) is 33.2 Å². The Hall–Kier alpha value is -1.82. The minimum atomic E-state index is -0.131. The van der Waals surface area contributed by atoms with Gasteiger partial charge in [0.25, 0.3) is 5.91 Å². The first kappa shape index (κ1) is 15.6. The summed E-state index contributed by atoms with van der Waals surface area (Å²) in [6.45, 7) is 4.48. The van der Waals surface area contributed by atoms with Gasteiger partial charge in [0.15, 0.2) is 0 Å². The van der Waals surface area contributed by atoms with Gasteiger partial charge in [-0.25, -0.2) is 0 Å². The van der Waals surface area contributed by atoms with E-state index < -0.39 is 0 Å². The highest BCUT2D eigenvalue weighted by atomic mass is 16.2. The van der Waals surface area contributed by atoms with E-state index in [1.165, 1.54) is 4.90 Å². The average molecular weight is 292 g/mol. The molecule has 0 aliphatic carbocycles. The van der Waals surface area contributed by atoms with E-state index in [2.05, 4.69) is 15.2 Å². The molecule has 0 saturated carbocycles. The first-order valence-electron chi connectivity index (χ1n) is 7.53. The van der Waals surface area contributed by atoms with E-state index >= 15 is 0 Å². The van der Waals surface area contributed by atoms with Gasteiger partial charge in [-0.3, -0.25) is 9.59 Å². The van der Waals surface area contributed by atoms with Gasteiger partial charge >= 0.3 is 0 Å². The van der Waals surface area contributed by atoms with Crippen LogP contribution in [0.25, 0.3) is 0 Å². The highest BCUT2D eigenvalue weighted by molar-refractivity contribution is 5.95. The standard InChI is InChI=1S/C15H24N4O2/c1-3-17-14(20)11-18(2)15(21)13-5-4-10-19(13)12-6-8-16-9-7-12/h4-5,10,12,16H,3,6-9,11H2,1-2H3,(H,17,20). The van der Waals surface area contributed by atoms with E-state index in [1.54, 1.807) is 7.05 Å². The maximum absolute atomic E-state index is 12.5. The number of rotatable bonds is 5. The Morgan fingerprint density at radius 3 is 2.81 bits per heavy atom. The number of nitrogens with zero attached hydrogens (tertiary/aromatic N) is 2. The third kappa shape index (κ3) is 3.85. The molecular formula is C15H24N4O2. The molecule has 0 aromatic carbocycles. The number of aromatic nitrogens is 1. The summed E-state index contributed by atoms with van der Waals surface area (Å²) in [6.07, 6.45) is 4.01. The smallest absolute Gasteiger partial charge is 0.270 e. The third-order valence-electron chi connectivity index (χ3n) is 3.80. The molecule has 0 atom stereocenters. The van der Waals surface area contributed by atoms with Crippen molar-refractivity contribution in [3.63, 3.8) is 0 Å². The van der Waals surface area contributed by atoms with Gasteiger partial charge in [-0.15, -0.1) is 0 Å². The molecule has 21 heavy (non-hydrogen) atoms. The minimum Gasteiger partial charge on any atom is -0.355 e. The largest absolute Gasteiger partial charge is 0.355 e. The number of piperidine rings is 1. The highest BCUT2D eigenvalue weighted by Crippen LogP contribution is 2.21. The van der Waals surface area contributed by atoms with E-state index in [9.17, 15) is 9.59 Å². The van der Waals surface area contributed by atoms with Crippen LogP contribution in [0.2, 0.25) is 0 Å². The second-order valence-electron chi connectivity index (χ2n) is 5.40. The van der Waals surface area contributed by atoms with Crippen molar-refractivity contribution >= 4 is 11.8 Å². The lowest BCUT2D eigenvalue weighted by atomic mass is 10.1. The van der Waals surface area contributed by atoms with E-state index in [0.29, 0.717) is 18.3 Å². The Kier molecular flexibility index (Phi) is 5.38. The Morgan fingerprint density at radius 2 is 2.14 bits per heavy atom. The van der Waals surface area contributed by atoms with Gasteiger partial charge in [-0.2, -0.15) is 0 Å². The number of amides is 2. The summed E-state index contributed by atoms with van der Waals surface area (Å²) < 4.78 is 2.05. The van der Waals surface area contributed by atoms with E-state index in [-0.39, 0.29) is 18.4 Å². The maximum Gasteiger partial charge on any atom is 0.270 e. The van der Waals surface area contributed by atoms with Gasteiger partial charge in [0, 0.05) is 25.8 Å². The van der Waals surface area contributed by atoms with Crippen LogP contribution in [0.15, 0.2) is 18.3 Å². The van der Waals surface area contributed by atoms with Crippen molar-refractivity contribution in [1.29, 1.82) is 0 Å². The van der Waals surface area contributed by atoms with Crippen molar-refractivity contribution in [1.82, 2.24) is 20.1 Å². The lowest BCUT2D eigenvalue weighted by Gasteiger charge is -2.27. The zero-order valence-corrected chi connectivity index (χ0v) is 12.8. The zero-order valence-electron chi connectivity index (χ0n) is 12.8. The molecule has 1 aromatic heterocycles. The molecule has 2 heterocycles. The number of hydrogen-bond donors (Lipinski definition) is 2. The molecule has 1 saturated heterocycles. The summed E-state index contributed by atoms with van der Waals surface area (Å²) in [5.74, 6) is -0.238. The maximum atomic E-state index is 12.5. The fourth-order valence-corrected chi connectivity index (χ4v) is 2.71. The van der Waals surface area contributed by atoms with Crippen molar-refractivity contribution in [2.24, 2.45) is 0 Å². The van der Waals surface area contributed by atoms with E-state index in [0.717, 1.165) is 25.9 Å². The third-order valence-corrected chi connectivity index (χ3v) is 3.80. The summed E-state index contributed by atoms with van der Waals surface area (Å²) in [4.78, 5) is 25.6. The minimum absolute atomic E-state index is 0.0874. The van der Waals surface area contributed by atoms with Crippen LogP contribution in [0.4, 0.5) is 0 Å². The van der Waals surface area contributed by atoms with Crippen LogP contribution in [0.5, 0.6) is 0 Å². The van der Waals surface area contributed by atoms with Crippen LogP contribution >= 0.6 is 0 Å². The first-order chi connectivity index (χ1) is 10.1. The fourth-order valence-electron chi connectivity index (χ4n) is 2.71. The predicted octanol–water partition coefficient (Wildman–Crippen LogP) is 0.621. The average Bonchev–Trinajstić information content (AvgIpc) is 2.96. The topological polar surface area (TPSA) is 66.4 Å². The molecule has 2 amide bonds. The lowest BCUT2D eigenvalue weighted by molar-refractivity contribution is -0.121. The summed E-state index contributed by atoms with van der Waals surface area (Å²) >= 11 is 0. The summed E-state index contributed by atoms with van der Waals surface area (Å²) in [5, 5.41) is 6.03. The second-order valence-corrected chi connectivity index (χ2v) is 5.40. The molecule has 1 fully saturated rings. The van der Waals surface area contributed by atoms with Crippen LogP contribution < -0.4 is 10.6 Å². The number of carbonyl (C=O) groups excluding carboxylic acids is 2. The Bertz CT molecular complexity index is 492. The van der Waals surface area contributed by atoms with Gasteiger partial charge in [0.05, 0.1) is 6.54 Å². The lowest BCUT2D eigenvalue weighted by Crippen LogP contribution is -2.39. The molecule has 6 nitrogen and oxygen atoms in total. The fraction of sp³-hybridized carbons (Fsp3) is 0.600. The van der Waals surface area contributed by atoms with Crippen LogP contribution in [-0.2, 0) is 4.79 Å². The van der Waals surface area contributed by atoms with Crippen molar-refractivity contribution < 1.29 is 9.59 Å². The van der Waals surface area contributed by atoms with Gasteiger partial charge in [0.1, 0.15) is 5.69 Å². The van der Waals surface area contributed by atoms with Gasteiger partial charge in [-0.05, 0) is 45.0 Å². The summed E-state index contributed by atoms with van der Waals surface area (Å²) in [7, 11) is 1.66. The SMILES string of the molecule is CCNC(=O)CN(C)C(=O)c1cccn1C1CCNCC1. The number of hydrogen-bond acceptors (Lipinski definition) is 3. The molecule has 1 aliphatic rings. The zero-order chi connectivity index (χ0) is 15.2. The molecule has 1 aromatic rings. The molecule has 2 rings (SSSR count). The number of likely N-dealkylation sites (N-methyl/N-ethyl adjacent to an activating group) is 2. The van der Waals surface area contributed by atoms with Crippen molar-refractivity contribution in [2.45, 2.75) is 25.8 Å². The molecule has 0 spiro atoms. The van der Waals surface area contributed by atoms with Crippen molar-refractivity contribution in [3.05, 3.63) is 24.0 Å². The molecule has 6 heteroatoms. The van der Waals surface area contributed by atoms with Crippen LogP contribution in [-0.4, -0.2) is 54.5 Å². The van der Waals surface area contributed by atoms with Gasteiger partial charge in [0.2, 0.25) is 5.91 Å². The summed E-state index contributed by atoms with van der Waals surface area (Å²) in [5.41, 5.74) is 0.661. The van der Waals surface area contributed by atoms with Crippen LogP contribution in [0.1, 0.15) is 36.3 Å². The van der Waals surface area contributed by atoms with E-state index in [1.807, 2.05) is 25.3 Å². The molecule has 2 N–H and O–H groups in total. The van der Waals surface area contributed by atoms with Crippen molar-refractivity contribution in [3.8, 4) is 0 Å². The van der Waals surface area contributed by atoms with Gasteiger partial charge < -0.3 is 20.1 Å². The number of carbonyl (C=O) groups is 2. The van der Waals surface area contributed by atoms with Gasteiger partial charge in [-0.1, -0.05) is 0 Å². The summed E-state index contributed by atoms with van der Waals surface area (Å²) in [6, 6.07) is 4.09. The Balaban J connectivity index is 2.05. The van der Waals surface area contributed by atoms with E-state index in [4.69, 9.17) is 0 Å². The molecule has 0 unspecified atom stereocenters. The quantitative estimate of drug-likeness (QED) is 0.836. The number of nitrogens with one attached hydrogen (secondary N) is 2. The van der Waals surface area contributed by atoms with Crippen LogP contribution in [0, 0.1) is 0 Å². The Morgan fingerprint density at radius 1 is 1.43 bits per heavy atom. The first-order valence-corrected chi connectivity index (χ1v) is 7.53. The van der Waals surface area contributed by atoms with Crippen LogP contribution in [0.3, 0.4) is 0 Å².